The Hall–Kier alpha value is -0.900. The second-order valence-corrected chi connectivity index (χ2v) is 10.0. The van der Waals surface area contributed by atoms with Gasteiger partial charge in [0.15, 0.2) is 0 Å². The van der Waals surface area contributed by atoms with E-state index in [0.29, 0.717) is 19.2 Å². The number of allylic oxidation sites excluding steroid dienone is 4. The summed E-state index contributed by atoms with van der Waals surface area (Å²) < 4.78 is 27.2. The molecule has 6 heteroatoms. The van der Waals surface area contributed by atoms with E-state index >= 15 is 0 Å². The maximum atomic E-state index is 11.9. The van der Waals surface area contributed by atoms with Gasteiger partial charge >= 0.3 is 13.6 Å². The van der Waals surface area contributed by atoms with Crippen molar-refractivity contribution in [2.75, 3.05) is 26.5 Å². The lowest BCUT2D eigenvalue weighted by Crippen LogP contribution is -2.16. The zero-order valence-electron chi connectivity index (χ0n) is 18.5. The summed E-state index contributed by atoms with van der Waals surface area (Å²) in [5.41, 5.74) is 0. The quantitative estimate of drug-likeness (QED) is 0.110. The molecule has 0 amide bonds. The molecule has 0 radical (unpaired) electrons. The van der Waals surface area contributed by atoms with Crippen molar-refractivity contribution in [3.05, 3.63) is 24.3 Å². The zero-order chi connectivity index (χ0) is 21.2. The molecule has 0 aromatic rings. The van der Waals surface area contributed by atoms with E-state index < -0.39 is 7.60 Å². The average molecular weight is 429 g/mol. The van der Waals surface area contributed by atoms with Gasteiger partial charge in [0.1, 0.15) is 0 Å². The highest BCUT2D eigenvalue weighted by atomic mass is 31.2. The standard InChI is InChI=1S/C23H41O5P/c1-3-4-5-6-7-8-9-10-11-12-13-14-15-16-17-18-23(24)27-19-22-20-28-29(25,21-22)26-2/h7-8,10-11,22H,3-6,9,12-21H2,1-2H3/b8-7-,11-10-. The summed E-state index contributed by atoms with van der Waals surface area (Å²) in [6.45, 7) is 2.84. The summed E-state index contributed by atoms with van der Waals surface area (Å²) in [5.74, 6) is -0.191. The van der Waals surface area contributed by atoms with Crippen LogP contribution in [0.3, 0.4) is 0 Å². The average Bonchev–Trinajstić information content (AvgIpc) is 3.11. The molecule has 1 aliphatic heterocycles. The molecular formula is C23H41O5P. The third-order valence-corrected chi connectivity index (χ3v) is 7.14. The third kappa shape index (κ3) is 13.9. The number of esters is 1. The van der Waals surface area contributed by atoms with Crippen LogP contribution in [0.2, 0.25) is 0 Å². The summed E-state index contributed by atoms with van der Waals surface area (Å²) in [7, 11) is -1.53. The summed E-state index contributed by atoms with van der Waals surface area (Å²) in [4.78, 5) is 11.8. The van der Waals surface area contributed by atoms with Crippen molar-refractivity contribution in [1.82, 2.24) is 0 Å². The Labute approximate surface area is 177 Å². The Bertz CT molecular complexity index is 529. The van der Waals surface area contributed by atoms with Gasteiger partial charge in [-0.3, -0.25) is 9.36 Å². The van der Waals surface area contributed by atoms with E-state index in [1.54, 1.807) is 0 Å². The van der Waals surface area contributed by atoms with Crippen molar-refractivity contribution >= 4 is 13.6 Å². The smallest absolute Gasteiger partial charge is 0.330 e. The third-order valence-electron chi connectivity index (χ3n) is 5.08. The van der Waals surface area contributed by atoms with E-state index in [1.165, 1.54) is 45.6 Å². The number of carbonyl (C=O) groups is 1. The van der Waals surface area contributed by atoms with Crippen LogP contribution in [0.1, 0.15) is 84.0 Å². The van der Waals surface area contributed by atoms with E-state index in [4.69, 9.17) is 13.8 Å². The van der Waals surface area contributed by atoms with Gasteiger partial charge in [0.2, 0.25) is 0 Å². The van der Waals surface area contributed by atoms with Crippen molar-refractivity contribution < 1.29 is 23.1 Å². The highest BCUT2D eigenvalue weighted by Crippen LogP contribution is 2.53. The number of rotatable bonds is 17. The van der Waals surface area contributed by atoms with E-state index in [-0.39, 0.29) is 18.5 Å². The molecule has 0 N–H and O–H groups in total. The molecule has 2 atom stereocenters. The van der Waals surface area contributed by atoms with Crippen molar-refractivity contribution in [3.63, 3.8) is 0 Å². The van der Waals surface area contributed by atoms with Gasteiger partial charge in [-0.05, 0) is 38.5 Å². The first kappa shape index (κ1) is 26.1. The minimum atomic E-state index is -2.92. The van der Waals surface area contributed by atoms with E-state index in [0.717, 1.165) is 32.1 Å². The Morgan fingerprint density at radius 3 is 2.31 bits per heavy atom. The molecular weight excluding hydrogens is 387 g/mol. The van der Waals surface area contributed by atoms with Crippen LogP contribution < -0.4 is 0 Å². The topological polar surface area (TPSA) is 61.8 Å². The number of carbonyl (C=O) groups excluding carboxylic acids is 1. The van der Waals surface area contributed by atoms with Gasteiger partial charge in [-0.2, -0.15) is 0 Å². The normalized spacial score (nSPS) is 22.1. The monoisotopic (exact) mass is 428 g/mol. The molecule has 1 fully saturated rings. The highest BCUT2D eigenvalue weighted by Gasteiger charge is 2.36. The molecule has 5 nitrogen and oxygen atoms in total. The molecule has 0 aliphatic carbocycles. The van der Waals surface area contributed by atoms with Crippen LogP contribution in [0, 0.1) is 5.92 Å². The zero-order valence-corrected chi connectivity index (χ0v) is 19.4. The second kappa shape index (κ2) is 16.8. The molecule has 0 spiro atoms. The van der Waals surface area contributed by atoms with Crippen LogP contribution in [-0.2, 0) is 23.1 Å². The predicted octanol–water partition coefficient (Wildman–Crippen LogP) is 6.83. The number of hydrogen-bond acceptors (Lipinski definition) is 5. The van der Waals surface area contributed by atoms with Crippen LogP contribution in [0.5, 0.6) is 0 Å². The minimum absolute atomic E-state index is 0.0191. The fraction of sp³-hybridized carbons (Fsp3) is 0.783. The first-order valence-electron chi connectivity index (χ1n) is 11.3. The summed E-state index contributed by atoms with van der Waals surface area (Å²) >= 11 is 0. The molecule has 29 heavy (non-hydrogen) atoms. The molecule has 0 saturated carbocycles. The van der Waals surface area contributed by atoms with Crippen LogP contribution in [0.4, 0.5) is 0 Å². The summed E-state index contributed by atoms with van der Waals surface area (Å²) in [6, 6.07) is 0. The lowest BCUT2D eigenvalue weighted by Gasteiger charge is -2.09. The van der Waals surface area contributed by atoms with E-state index in [1.807, 2.05) is 0 Å². The Morgan fingerprint density at radius 2 is 1.66 bits per heavy atom. The lowest BCUT2D eigenvalue weighted by atomic mass is 10.1. The maximum absolute atomic E-state index is 11.9. The summed E-state index contributed by atoms with van der Waals surface area (Å²) in [6.07, 6.45) is 22.7. The van der Waals surface area contributed by atoms with Crippen LogP contribution in [-0.4, -0.2) is 32.5 Å². The Kier molecular flexibility index (Phi) is 15.2. The van der Waals surface area contributed by atoms with Gasteiger partial charge < -0.3 is 13.8 Å². The van der Waals surface area contributed by atoms with Crippen molar-refractivity contribution in [3.8, 4) is 0 Å². The SMILES string of the molecule is CCCCC/C=C\C/C=C\CCCCCCCC(=O)OCC1COP(=O)(OC)C1. The Morgan fingerprint density at radius 1 is 1.00 bits per heavy atom. The van der Waals surface area contributed by atoms with Gasteiger partial charge in [-0.1, -0.05) is 63.3 Å². The van der Waals surface area contributed by atoms with E-state index in [2.05, 4.69) is 31.2 Å². The number of hydrogen-bond donors (Lipinski definition) is 0. The fourth-order valence-corrected chi connectivity index (χ4v) is 4.87. The highest BCUT2D eigenvalue weighted by molar-refractivity contribution is 7.54. The molecule has 1 rings (SSSR count). The molecule has 2 unspecified atom stereocenters. The van der Waals surface area contributed by atoms with Crippen molar-refractivity contribution in [1.29, 1.82) is 0 Å². The van der Waals surface area contributed by atoms with Gasteiger partial charge in [-0.15, -0.1) is 0 Å². The maximum Gasteiger partial charge on any atom is 0.330 e. The molecule has 1 aliphatic rings. The van der Waals surface area contributed by atoms with Crippen molar-refractivity contribution in [2.24, 2.45) is 5.92 Å². The Balaban J connectivity index is 1.87. The first-order valence-corrected chi connectivity index (χ1v) is 13.1. The minimum Gasteiger partial charge on any atom is -0.465 e. The lowest BCUT2D eigenvalue weighted by molar-refractivity contribution is -0.145. The number of unbranched alkanes of at least 4 members (excludes halogenated alkanes) is 8. The molecule has 0 aromatic heterocycles. The van der Waals surface area contributed by atoms with Gasteiger partial charge in [0, 0.05) is 19.4 Å². The molecule has 168 valence electrons. The van der Waals surface area contributed by atoms with Crippen molar-refractivity contribution in [2.45, 2.75) is 84.0 Å². The fourth-order valence-electron chi connectivity index (χ4n) is 3.23. The summed E-state index contributed by atoms with van der Waals surface area (Å²) in [5, 5.41) is 0. The van der Waals surface area contributed by atoms with Gasteiger partial charge in [-0.25, -0.2) is 0 Å². The van der Waals surface area contributed by atoms with Gasteiger partial charge in [0.05, 0.1) is 19.4 Å². The van der Waals surface area contributed by atoms with E-state index in [9.17, 15) is 9.36 Å². The molecule has 0 bridgehead atoms. The second-order valence-electron chi connectivity index (χ2n) is 7.80. The molecule has 1 saturated heterocycles. The predicted molar refractivity (Wildman–Crippen MR) is 119 cm³/mol. The molecule has 0 aromatic carbocycles. The van der Waals surface area contributed by atoms with Crippen LogP contribution in [0.25, 0.3) is 0 Å². The first-order chi connectivity index (χ1) is 14.1. The van der Waals surface area contributed by atoms with Crippen LogP contribution >= 0.6 is 7.60 Å². The number of ether oxygens (including phenoxy) is 1. The molecule has 1 heterocycles. The van der Waals surface area contributed by atoms with Crippen LogP contribution in [0.15, 0.2) is 24.3 Å². The largest absolute Gasteiger partial charge is 0.465 e. The van der Waals surface area contributed by atoms with Gasteiger partial charge in [0.25, 0.3) is 0 Å².